The zero-order chi connectivity index (χ0) is 18.4. The maximum absolute atomic E-state index is 12.1. The number of hydrogen-bond acceptors (Lipinski definition) is 3. The van der Waals surface area contributed by atoms with Crippen molar-refractivity contribution in [2.75, 3.05) is 30.8 Å². The Kier molecular flexibility index (Phi) is 6.82. The minimum absolute atomic E-state index is 0.0833. The number of aryl methyl sites for hydroxylation is 1. The molecule has 0 bridgehead atoms. The van der Waals surface area contributed by atoms with Crippen molar-refractivity contribution in [3.05, 3.63) is 58.1 Å². The number of likely N-dealkylation sites (N-methyl/N-ethyl adjacent to an activating group) is 1. The Bertz CT molecular complexity index is 763. The number of nitrogens with one attached hydrogen (secondary N) is 2. The highest BCUT2D eigenvalue weighted by molar-refractivity contribution is 6.31. The molecular formula is C18H19Cl2N3O2. The third kappa shape index (κ3) is 6.38. The number of benzene rings is 2. The van der Waals surface area contributed by atoms with E-state index < -0.39 is 0 Å². The van der Waals surface area contributed by atoms with E-state index in [-0.39, 0.29) is 24.9 Å². The third-order valence-electron chi connectivity index (χ3n) is 3.43. The summed E-state index contributed by atoms with van der Waals surface area (Å²) in [5.41, 5.74) is 2.24. The van der Waals surface area contributed by atoms with E-state index >= 15 is 0 Å². The Morgan fingerprint density at radius 1 is 0.920 bits per heavy atom. The van der Waals surface area contributed by atoms with Crippen LogP contribution in [0.4, 0.5) is 11.4 Å². The monoisotopic (exact) mass is 379 g/mol. The van der Waals surface area contributed by atoms with Gasteiger partial charge >= 0.3 is 0 Å². The summed E-state index contributed by atoms with van der Waals surface area (Å²) in [5.74, 6) is -0.427. The molecule has 0 saturated carbocycles. The fourth-order valence-corrected chi connectivity index (χ4v) is 2.50. The highest BCUT2D eigenvalue weighted by atomic mass is 35.5. The van der Waals surface area contributed by atoms with Crippen molar-refractivity contribution in [2.45, 2.75) is 6.92 Å². The summed E-state index contributed by atoms with van der Waals surface area (Å²) in [6.07, 6.45) is 0. The first kappa shape index (κ1) is 19.2. The number of anilines is 2. The van der Waals surface area contributed by atoms with E-state index in [0.29, 0.717) is 21.4 Å². The second kappa shape index (κ2) is 8.85. The first-order valence-corrected chi connectivity index (χ1v) is 8.39. The van der Waals surface area contributed by atoms with Gasteiger partial charge in [0.05, 0.1) is 13.1 Å². The van der Waals surface area contributed by atoms with Crippen LogP contribution in [0.25, 0.3) is 0 Å². The van der Waals surface area contributed by atoms with E-state index in [4.69, 9.17) is 23.2 Å². The second-order valence-electron chi connectivity index (χ2n) is 5.73. The summed E-state index contributed by atoms with van der Waals surface area (Å²) in [6, 6.07) is 12.1. The molecule has 0 heterocycles. The Labute approximate surface area is 156 Å². The molecule has 132 valence electrons. The lowest BCUT2D eigenvalue weighted by Gasteiger charge is -2.16. The van der Waals surface area contributed by atoms with E-state index in [2.05, 4.69) is 10.6 Å². The van der Waals surface area contributed by atoms with Crippen LogP contribution in [0.3, 0.4) is 0 Å². The van der Waals surface area contributed by atoms with Gasteiger partial charge in [0.2, 0.25) is 11.8 Å². The topological polar surface area (TPSA) is 61.4 Å². The molecule has 7 heteroatoms. The van der Waals surface area contributed by atoms with Crippen LogP contribution in [-0.4, -0.2) is 36.9 Å². The lowest BCUT2D eigenvalue weighted by Crippen LogP contribution is -2.36. The summed E-state index contributed by atoms with van der Waals surface area (Å²) in [7, 11) is 1.70. The number of amides is 2. The predicted molar refractivity (Wildman–Crippen MR) is 102 cm³/mol. The molecule has 2 rings (SSSR count). The van der Waals surface area contributed by atoms with Gasteiger partial charge in [-0.25, -0.2) is 0 Å². The lowest BCUT2D eigenvalue weighted by molar-refractivity contribution is -0.119. The molecule has 0 aliphatic carbocycles. The molecule has 2 aromatic rings. The van der Waals surface area contributed by atoms with Gasteiger partial charge in [0.1, 0.15) is 0 Å². The molecule has 2 amide bonds. The van der Waals surface area contributed by atoms with E-state index in [1.54, 1.807) is 48.3 Å². The number of carbonyl (C=O) groups is 2. The Balaban J connectivity index is 1.83. The third-order valence-corrected chi connectivity index (χ3v) is 3.92. The van der Waals surface area contributed by atoms with Gasteiger partial charge in [0.25, 0.3) is 0 Å². The van der Waals surface area contributed by atoms with Crippen molar-refractivity contribution in [2.24, 2.45) is 0 Å². The molecular weight excluding hydrogens is 361 g/mol. The van der Waals surface area contributed by atoms with Crippen molar-refractivity contribution < 1.29 is 9.59 Å². The summed E-state index contributed by atoms with van der Waals surface area (Å²) in [5, 5.41) is 6.70. The molecule has 0 aliphatic rings. The van der Waals surface area contributed by atoms with Crippen LogP contribution in [0.1, 0.15) is 5.56 Å². The summed E-state index contributed by atoms with van der Waals surface area (Å²) in [4.78, 5) is 25.8. The molecule has 0 aromatic heterocycles. The van der Waals surface area contributed by atoms with Crippen LogP contribution in [-0.2, 0) is 9.59 Å². The Hall–Kier alpha value is -2.08. The SMILES string of the molecule is Cc1ccc(Cl)cc1NC(=O)CN(C)CC(=O)Nc1ccc(Cl)cc1. The van der Waals surface area contributed by atoms with Crippen molar-refractivity contribution >= 4 is 46.4 Å². The van der Waals surface area contributed by atoms with Gasteiger partial charge in [0.15, 0.2) is 0 Å². The molecule has 0 fully saturated rings. The summed E-state index contributed by atoms with van der Waals surface area (Å²) in [6.45, 7) is 2.06. The molecule has 0 unspecified atom stereocenters. The molecule has 0 atom stereocenters. The highest BCUT2D eigenvalue weighted by Crippen LogP contribution is 2.20. The standard InChI is InChI=1S/C18H19Cl2N3O2/c1-12-3-4-14(20)9-16(12)22-18(25)11-23(2)10-17(24)21-15-7-5-13(19)6-8-15/h3-9H,10-11H2,1-2H3,(H,21,24)(H,22,25). The Morgan fingerprint density at radius 3 is 2.12 bits per heavy atom. The average Bonchev–Trinajstić information content (AvgIpc) is 2.52. The quantitative estimate of drug-likeness (QED) is 0.801. The zero-order valence-corrected chi connectivity index (χ0v) is 15.5. The van der Waals surface area contributed by atoms with Gasteiger partial charge in [-0.05, 0) is 55.9 Å². The fraction of sp³-hybridized carbons (Fsp3) is 0.222. The van der Waals surface area contributed by atoms with Gasteiger partial charge in [-0.2, -0.15) is 0 Å². The van der Waals surface area contributed by atoms with Crippen molar-refractivity contribution in [3.63, 3.8) is 0 Å². The van der Waals surface area contributed by atoms with E-state index in [0.717, 1.165) is 5.56 Å². The van der Waals surface area contributed by atoms with Crippen LogP contribution < -0.4 is 10.6 Å². The van der Waals surface area contributed by atoms with Crippen LogP contribution in [0.2, 0.25) is 10.0 Å². The molecule has 5 nitrogen and oxygen atoms in total. The molecule has 0 saturated heterocycles. The molecule has 2 aromatic carbocycles. The smallest absolute Gasteiger partial charge is 0.238 e. The van der Waals surface area contributed by atoms with Gasteiger partial charge < -0.3 is 10.6 Å². The first-order chi connectivity index (χ1) is 11.8. The molecule has 0 aliphatic heterocycles. The minimum atomic E-state index is -0.216. The maximum atomic E-state index is 12.1. The maximum Gasteiger partial charge on any atom is 0.238 e. The Morgan fingerprint density at radius 2 is 1.48 bits per heavy atom. The number of rotatable bonds is 6. The van der Waals surface area contributed by atoms with Crippen molar-refractivity contribution in [1.29, 1.82) is 0 Å². The predicted octanol–water partition coefficient (Wildman–Crippen LogP) is 3.81. The zero-order valence-electron chi connectivity index (χ0n) is 14.0. The van der Waals surface area contributed by atoms with Gasteiger partial charge in [-0.1, -0.05) is 29.3 Å². The van der Waals surface area contributed by atoms with Crippen LogP contribution in [0, 0.1) is 6.92 Å². The van der Waals surface area contributed by atoms with Crippen LogP contribution in [0.15, 0.2) is 42.5 Å². The summed E-state index contributed by atoms with van der Waals surface area (Å²) < 4.78 is 0. The largest absolute Gasteiger partial charge is 0.325 e. The summed E-state index contributed by atoms with van der Waals surface area (Å²) >= 11 is 11.7. The first-order valence-electron chi connectivity index (χ1n) is 7.63. The number of hydrogen-bond donors (Lipinski definition) is 2. The van der Waals surface area contributed by atoms with Crippen LogP contribution in [0.5, 0.6) is 0 Å². The number of halogens is 2. The number of nitrogens with zero attached hydrogens (tertiary/aromatic N) is 1. The molecule has 0 radical (unpaired) electrons. The average molecular weight is 380 g/mol. The van der Waals surface area contributed by atoms with Gasteiger partial charge in [0, 0.05) is 21.4 Å². The molecule has 0 spiro atoms. The normalized spacial score (nSPS) is 10.6. The van der Waals surface area contributed by atoms with Crippen molar-refractivity contribution in [3.8, 4) is 0 Å². The fourth-order valence-electron chi connectivity index (χ4n) is 2.20. The second-order valence-corrected chi connectivity index (χ2v) is 6.61. The van der Waals surface area contributed by atoms with Crippen molar-refractivity contribution in [1.82, 2.24) is 4.90 Å². The number of carbonyl (C=O) groups excluding carboxylic acids is 2. The van der Waals surface area contributed by atoms with E-state index in [9.17, 15) is 9.59 Å². The van der Waals surface area contributed by atoms with Crippen LogP contribution >= 0.6 is 23.2 Å². The molecule has 2 N–H and O–H groups in total. The highest BCUT2D eigenvalue weighted by Gasteiger charge is 2.12. The van der Waals surface area contributed by atoms with E-state index in [1.165, 1.54) is 0 Å². The van der Waals surface area contributed by atoms with Gasteiger partial charge in [-0.3, -0.25) is 14.5 Å². The van der Waals surface area contributed by atoms with E-state index in [1.807, 2.05) is 13.0 Å². The van der Waals surface area contributed by atoms with Gasteiger partial charge in [-0.15, -0.1) is 0 Å². The minimum Gasteiger partial charge on any atom is -0.325 e. The molecule has 25 heavy (non-hydrogen) atoms. The lowest BCUT2D eigenvalue weighted by atomic mass is 10.2.